The van der Waals surface area contributed by atoms with Gasteiger partial charge in [0, 0.05) is 95.9 Å². The molecule has 4 saturated heterocycles. The third-order valence-electron chi connectivity index (χ3n) is 26.6. The van der Waals surface area contributed by atoms with Crippen LogP contribution >= 0.6 is 0 Å². The number of likely N-dealkylation sites (N-methyl/N-ethyl adjacent to an activating group) is 4. The number of ether oxygens (including phenoxy) is 6. The lowest BCUT2D eigenvalue weighted by Crippen LogP contribution is -2.62. The molecule has 1 saturated carbocycles. The summed E-state index contributed by atoms with van der Waals surface area (Å²) in [5, 5.41) is 69.8. The molecule has 5 fully saturated rings. The number of urea groups is 1. The number of piperidine rings is 2. The minimum absolute atomic E-state index is 0.00102. The molecule has 1 aliphatic carbocycles. The Morgan fingerprint density at radius 2 is 1.06 bits per heavy atom. The Bertz CT molecular complexity index is 5690. The fraction of sp³-hybridized carbons (Fsp3) is 0.550. The average molecular weight is 2080 g/mol. The highest BCUT2D eigenvalue weighted by molar-refractivity contribution is 6.13. The van der Waals surface area contributed by atoms with Gasteiger partial charge in [-0.3, -0.25) is 86.4 Å². The lowest BCUT2D eigenvalue weighted by atomic mass is 9.82. The van der Waals surface area contributed by atoms with Gasteiger partial charge < -0.3 is 137 Å². The number of para-hydroxylation sites is 2. The summed E-state index contributed by atoms with van der Waals surface area (Å²) in [6.07, 6.45) is -3.81. The number of carbonyl (C=O) groups excluding carboxylic acids is 18. The van der Waals surface area contributed by atoms with Crippen molar-refractivity contribution in [3.8, 4) is 11.5 Å². The van der Waals surface area contributed by atoms with E-state index in [4.69, 9.17) is 39.1 Å². The molecule has 7 heterocycles. The number of anilines is 1. The average Bonchev–Trinajstić information content (AvgIpc) is 1.04. The van der Waals surface area contributed by atoms with Crippen molar-refractivity contribution in [3.63, 3.8) is 0 Å². The molecule has 6 aliphatic rings. The number of amides is 19. The number of hydrogen-bond donors (Lipinski definition) is 15. The number of imide groups is 1. The predicted octanol–water partition coefficient (Wildman–Crippen LogP) is -2.04. The van der Waals surface area contributed by atoms with Crippen LogP contribution in [0, 0.1) is 17.8 Å². The summed E-state index contributed by atoms with van der Waals surface area (Å²) < 4.78 is 34.3. The Hall–Kier alpha value is -14.5. The topological polar surface area (TPSA) is 655 Å². The van der Waals surface area contributed by atoms with Gasteiger partial charge in [0.25, 0.3) is 23.6 Å². The maximum absolute atomic E-state index is 15.7. The van der Waals surface area contributed by atoms with E-state index < -0.39 is 260 Å². The first kappa shape index (κ1) is 115. The number of carbonyl (C=O) groups is 19. The van der Waals surface area contributed by atoms with E-state index in [-0.39, 0.29) is 127 Å². The maximum Gasteiger partial charge on any atom is 0.335 e. The summed E-state index contributed by atoms with van der Waals surface area (Å²) in [7, 11) is 5.19. The summed E-state index contributed by atoms with van der Waals surface area (Å²) in [5.41, 5.74) is 5.56. The van der Waals surface area contributed by atoms with Gasteiger partial charge in [-0.1, -0.05) is 95.5 Å². The third kappa shape index (κ3) is 31.5. The van der Waals surface area contributed by atoms with Gasteiger partial charge in [-0.2, -0.15) is 0 Å². The number of aliphatic hydroxyl groups is 3. The maximum atomic E-state index is 15.7. The summed E-state index contributed by atoms with van der Waals surface area (Å²) in [5.74, 6) is -17.3. The second kappa shape index (κ2) is 54.9. The number of carboxylic acids is 1. The number of hydrogen-bond acceptors (Lipinski definition) is 30. The molecule has 13 atom stereocenters. The molecule has 5 aliphatic heterocycles. The minimum Gasteiger partial charge on any atom is -0.486 e. The third-order valence-corrected chi connectivity index (χ3v) is 26.6. The zero-order chi connectivity index (χ0) is 108. The van der Waals surface area contributed by atoms with Crippen molar-refractivity contribution < 1.29 is 140 Å². The van der Waals surface area contributed by atoms with Crippen molar-refractivity contribution >= 4 is 140 Å². The fourth-order valence-electron chi connectivity index (χ4n) is 18.2. The van der Waals surface area contributed by atoms with E-state index >= 15 is 24.0 Å². The first-order valence-corrected chi connectivity index (χ1v) is 49.8. The molecule has 19 amide bonds. The smallest absolute Gasteiger partial charge is 0.335 e. The van der Waals surface area contributed by atoms with Crippen LogP contribution in [-0.2, 0) is 102 Å². The highest BCUT2D eigenvalue weighted by Gasteiger charge is 2.50. The number of aliphatic carboxylic acids is 1. The molecule has 16 N–H and O–H groups in total. The fourth-order valence-corrected chi connectivity index (χ4v) is 18.2. The number of aliphatic hydroxyl groups excluding tert-OH is 3. The van der Waals surface area contributed by atoms with Crippen LogP contribution in [-0.4, -0.2) is 389 Å². The predicted molar refractivity (Wildman–Crippen MR) is 529 cm³/mol. The second-order valence-corrected chi connectivity index (χ2v) is 38.0. The highest BCUT2D eigenvalue weighted by Crippen LogP contribution is 2.34. The molecule has 808 valence electrons. The molecule has 0 spiro atoms. The normalized spacial score (nSPS) is 22.9. The first-order valence-electron chi connectivity index (χ1n) is 49.8. The molecule has 3 aromatic carbocycles. The molecule has 5 aromatic rings. The number of nitrogens with two attached hydrogens (primary N) is 1. The number of benzene rings is 3. The molecule has 149 heavy (non-hydrogen) atoms. The zero-order valence-electron chi connectivity index (χ0n) is 84.5. The van der Waals surface area contributed by atoms with Crippen molar-refractivity contribution in [1.29, 1.82) is 0 Å². The molecule has 0 radical (unpaired) electrons. The van der Waals surface area contributed by atoms with Gasteiger partial charge in [-0.05, 0) is 124 Å². The van der Waals surface area contributed by atoms with Crippen LogP contribution in [0.3, 0.4) is 0 Å². The van der Waals surface area contributed by atoms with Crippen LogP contribution in [0.2, 0.25) is 0 Å². The van der Waals surface area contributed by atoms with Gasteiger partial charge in [0.2, 0.25) is 83.1 Å². The van der Waals surface area contributed by atoms with Crippen molar-refractivity contribution in [2.45, 2.75) is 203 Å². The summed E-state index contributed by atoms with van der Waals surface area (Å²) >= 11 is 0. The molecular weight excluding hydrogens is 1950 g/mol. The molecule has 0 bridgehead atoms. The Balaban J connectivity index is 0.801. The van der Waals surface area contributed by atoms with Crippen LogP contribution in [0.1, 0.15) is 144 Å². The Morgan fingerprint density at radius 3 is 1.60 bits per heavy atom. The Morgan fingerprint density at radius 1 is 0.550 bits per heavy atom. The highest BCUT2D eigenvalue weighted by atomic mass is 16.7. The Labute approximate surface area is 858 Å². The van der Waals surface area contributed by atoms with E-state index in [1.54, 1.807) is 100 Å². The van der Waals surface area contributed by atoms with E-state index in [0.29, 0.717) is 73.2 Å². The minimum atomic E-state index is -2.15. The molecule has 0 unspecified atom stereocenters. The summed E-state index contributed by atoms with van der Waals surface area (Å²) in [6.45, 7) is 2.75. The van der Waals surface area contributed by atoms with Gasteiger partial charge in [-0.15, -0.1) is 0 Å². The van der Waals surface area contributed by atoms with E-state index in [0.717, 1.165) is 30.9 Å². The van der Waals surface area contributed by atoms with Gasteiger partial charge in [0.05, 0.1) is 83.4 Å². The molecule has 49 nitrogen and oxygen atoms in total. The number of nitrogens with one attached hydrogen (secondary N) is 10. The number of pyridine rings is 2. The number of primary amides is 1. The molecule has 11 rings (SSSR count). The van der Waals surface area contributed by atoms with Gasteiger partial charge in [0.15, 0.2) is 29.0 Å². The largest absolute Gasteiger partial charge is 0.486 e. The van der Waals surface area contributed by atoms with Crippen molar-refractivity contribution in [2.75, 3.05) is 139 Å². The van der Waals surface area contributed by atoms with Crippen molar-refractivity contribution in [3.05, 3.63) is 114 Å². The molecule has 49 heteroatoms. The Kier molecular flexibility index (Phi) is 42.3. The number of aromatic nitrogens is 2. The van der Waals surface area contributed by atoms with E-state index in [9.17, 15) is 87.5 Å². The SMILES string of the molecule is CC(C)[C@H](NC(=O)CCOCCOCCOCCN1C(=O)C=CC1=O)C(=O)N[C@@H](CCCNC(N)=O)C(=O)Nc1ccc(COc2cc3ccccc3nc2C(=O)N[C@@H]2CNC(=O)[C@H](C3CCCCC3)N(C)C(=O)CN(C)C(=O)CNC(=O)[C@@H]3CCCCN3C(=O)[C@H](NC(=O)c3nc4ccccc4cc3O[C@@H]3O[C@H](C(=O)O)[C@@H](O)[C@H](O)[C@H]3O)CNC(=O)[C@H](C(C)C)N(C)C(=O)CN(C)C(=O)CNC(=O)[C@@H]3CCCCN3C2=O)cc1. The number of rotatable bonds is 34. The van der Waals surface area contributed by atoms with Crippen LogP contribution in [0.15, 0.2) is 97.1 Å². The van der Waals surface area contributed by atoms with Crippen molar-refractivity contribution in [2.24, 2.45) is 23.5 Å². The van der Waals surface area contributed by atoms with Crippen LogP contribution in [0.5, 0.6) is 11.5 Å². The standard InChI is InChI=1S/C100H134N20O29/c1-56(2)79(113-72(121)36-41-144-43-45-146-46-44-145-42-40-120-73(122)34-35-74(120)123)91(134)110-65(27-20-37-102-100(101)143)88(131)107-62-32-30-58(31-33-62)55-147-70-47-60-23-12-14-25-63(60)108-80(70)92(135)111-67-50-104-95(138)83(59-21-10-9-11-22-59)117(8)78(127)54-115(6)76(125)52-106-89(132)68-28-16-18-38-118(68)96(139)66(112-93(136)81-71(48-61-24-13-15-26-64(61)109-81)148-99-86(130)84(128)85(129)87(149-99)98(141)142)49-103-94(137)82(57(3)4)116(7)77(126)53-114(5)75(124)51-105-90(133)69-29-17-19-39-119(69)97(67)140/h12-15,23-26,30-35,47-48,56-57,59,65-69,79,82-87,99,128-130H,9-11,16-22,27-29,36-46,49-55H2,1-8H3,(H,103,137)(H,104,138)(H,105,133)(H,106,132)(H,107,131)(H,110,134)(H,111,135)(H,112,136)(H,113,121)(H,141,142)(H3,101,102,143)/t65-,66+,67+,68-,69-,79-,82-,83-,84-,85-,86+,87-,99+/m0/s1. The number of carboxylic acid groups (broad SMARTS) is 1. The lowest BCUT2D eigenvalue weighted by Gasteiger charge is -2.38. The lowest BCUT2D eigenvalue weighted by molar-refractivity contribution is -0.271. The second-order valence-electron chi connectivity index (χ2n) is 38.0. The summed E-state index contributed by atoms with van der Waals surface area (Å²) in [6, 6.07) is 10.0. The van der Waals surface area contributed by atoms with Crippen LogP contribution in [0.25, 0.3) is 21.8 Å². The van der Waals surface area contributed by atoms with E-state index in [1.165, 1.54) is 62.3 Å². The van der Waals surface area contributed by atoms with E-state index in [1.807, 2.05) is 0 Å². The van der Waals surface area contributed by atoms with Crippen LogP contribution < -0.4 is 68.4 Å². The van der Waals surface area contributed by atoms with Crippen LogP contribution in [0.4, 0.5) is 10.5 Å². The monoisotopic (exact) mass is 2080 g/mol. The first-order chi connectivity index (χ1) is 71.2. The van der Waals surface area contributed by atoms with E-state index in [2.05, 4.69) is 58.2 Å². The van der Waals surface area contributed by atoms with Crippen molar-refractivity contribution in [1.82, 2.24) is 92.1 Å². The summed E-state index contributed by atoms with van der Waals surface area (Å²) in [4.78, 5) is 285. The van der Waals surface area contributed by atoms with Gasteiger partial charge >= 0.3 is 12.0 Å². The number of nitrogens with zero attached hydrogens (tertiary/aromatic N) is 9. The molecular formula is C100H134N20O29. The quantitative estimate of drug-likeness (QED) is 0.0156. The van der Waals surface area contributed by atoms with Gasteiger partial charge in [0.1, 0.15) is 73.3 Å². The number of fused-ring (bicyclic) bond motifs is 4. The molecule has 2 aromatic heterocycles. The van der Waals surface area contributed by atoms with Gasteiger partial charge in [-0.25, -0.2) is 19.6 Å². The zero-order valence-corrected chi connectivity index (χ0v) is 84.5.